The van der Waals surface area contributed by atoms with E-state index in [2.05, 4.69) is 5.32 Å². The minimum atomic E-state index is -3.49. The Labute approximate surface area is 119 Å². The zero-order valence-electron chi connectivity index (χ0n) is 10.6. The van der Waals surface area contributed by atoms with E-state index in [4.69, 9.17) is 0 Å². The molecule has 1 aliphatic heterocycles. The van der Waals surface area contributed by atoms with Gasteiger partial charge in [0.2, 0.25) is 0 Å². The van der Waals surface area contributed by atoms with Crippen LogP contribution in [0.25, 0.3) is 0 Å². The van der Waals surface area contributed by atoms with Crippen molar-refractivity contribution in [3.63, 3.8) is 0 Å². The predicted molar refractivity (Wildman–Crippen MR) is 71.2 cm³/mol. The molecule has 2 aromatic carbocycles. The topological polar surface area (TPSA) is 46.2 Å². The van der Waals surface area contributed by atoms with Crippen LogP contribution in [0, 0.1) is 17.5 Å². The van der Waals surface area contributed by atoms with Crippen LogP contribution >= 0.6 is 0 Å². The van der Waals surface area contributed by atoms with Crippen LogP contribution in [-0.4, -0.2) is 14.2 Å². The molecule has 0 radical (unpaired) electrons. The highest BCUT2D eigenvalue weighted by atomic mass is 32.2. The molecule has 3 rings (SSSR count). The van der Waals surface area contributed by atoms with E-state index in [1.165, 1.54) is 6.07 Å². The number of nitrogens with one attached hydrogen (secondary N) is 1. The van der Waals surface area contributed by atoms with Gasteiger partial charge in [0.15, 0.2) is 21.5 Å². The van der Waals surface area contributed by atoms with Gasteiger partial charge in [-0.05, 0) is 11.6 Å². The molecule has 1 N–H and O–H groups in total. The lowest BCUT2D eigenvalue weighted by Crippen LogP contribution is -2.15. The summed E-state index contributed by atoms with van der Waals surface area (Å²) in [4.78, 5) is 0.144. The van der Waals surface area contributed by atoms with Crippen molar-refractivity contribution in [2.75, 3.05) is 11.1 Å². The van der Waals surface area contributed by atoms with Gasteiger partial charge in [-0.25, -0.2) is 21.6 Å². The Morgan fingerprint density at radius 1 is 1.05 bits per heavy atom. The second-order valence-corrected chi connectivity index (χ2v) is 6.76. The summed E-state index contributed by atoms with van der Waals surface area (Å²) < 4.78 is 64.1. The van der Waals surface area contributed by atoms with Gasteiger partial charge in [-0.2, -0.15) is 0 Å². The summed E-state index contributed by atoms with van der Waals surface area (Å²) >= 11 is 0. The number of hydrogen-bond donors (Lipinski definition) is 1. The maximum atomic E-state index is 13.6. The molecular weight excluding hydrogens is 303 g/mol. The number of fused-ring (bicyclic) bond motifs is 1. The molecule has 2 aromatic rings. The Bertz CT molecular complexity index is 798. The van der Waals surface area contributed by atoms with Crippen molar-refractivity contribution in [1.29, 1.82) is 0 Å². The van der Waals surface area contributed by atoms with Gasteiger partial charge in [-0.3, -0.25) is 0 Å². The number of halogens is 3. The number of sulfone groups is 1. The van der Waals surface area contributed by atoms with Crippen LogP contribution in [0.4, 0.5) is 18.9 Å². The second kappa shape index (κ2) is 4.77. The van der Waals surface area contributed by atoms with Crippen LogP contribution in [-0.2, 0) is 9.84 Å². The van der Waals surface area contributed by atoms with Crippen LogP contribution in [0.3, 0.4) is 0 Å². The fourth-order valence-corrected chi connectivity index (χ4v) is 4.16. The molecule has 1 aliphatic rings. The van der Waals surface area contributed by atoms with Gasteiger partial charge in [-0.15, -0.1) is 0 Å². The van der Waals surface area contributed by atoms with Crippen molar-refractivity contribution in [2.45, 2.75) is 10.9 Å². The summed E-state index contributed by atoms with van der Waals surface area (Å²) in [6, 6.07) is 6.56. The smallest absolute Gasteiger partial charge is 0.181 e. The zero-order valence-corrected chi connectivity index (χ0v) is 11.4. The van der Waals surface area contributed by atoms with Gasteiger partial charge >= 0.3 is 0 Å². The van der Waals surface area contributed by atoms with E-state index >= 15 is 0 Å². The lowest BCUT2D eigenvalue weighted by atomic mass is 10.1. The third-order valence-electron chi connectivity index (χ3n) is 3.34. The van der Waals surface area contributed by atoms with E-state index in [1.54, 1.807) is 18.2 Å². The van der Waals surface area contributed by atoms with Crippen molar-refractivity contribution in [1.82, 2.24) is 0 Å². The molecule has 1 heterocycles. The third-order valence-corrected chi connectivity index (χ3v) is 5.16. The highest BCUT2D eigenvalue weighted by molar-refractivity contribution is 7.91. The molecule has 0 fully saturated rings. The van der Waals surface area contributed by atoms with Crippen molar-refractivity contribution in [2.24, 2.45) is 0 Å². The van der Waals surface area contributed by atoms with Gasteiger partial charge < -0.3 is 5.32 Å². The summed E-state index contributed by atoms with van der Waals surface area (Å²) in [6.07, 6.45) is 0. The Kier molecular flexibility index (Phi) is 3.16. The molecule has 0 saturated carbocycles. The van der Waals surface area contributed by atoms with Crippen molar-refractivity contribution in [3.8, 4) is 0 Å². The molecular formula is C14H10F3NO2S. The molecule has 1 atom stereocenters. The fraction of sp³-hybridized carbons (Fsp3) is 0.143. The average molecular weight is 313 g/mol. The van der Waals surface area contributed by atoms with Crippen molar-refractivity contribution in [3.05, 3.63) is 59.4 Å². The predicted octanol–water partition coefficient (Wildman–Crippen LogP) is 3.04. The molecule has 21 heavy (non-hydrogen) atoms. The third kappa shape index (κ3) is 2.37. The Hall–Kier alpha value is -2.02. The van der Waals surface area contributed by atoms with Gasteiger partial charge in [0.25, 0.3) is 0 Å². The SMILES string of the molecule is O=S1(=O)CC(Nc2c(F)cc(F)cc2F)c2ccccc21. The second-order valence-electron chi connectivity index (χ2n) is 4.76. The fourth-order valence-electron chi connectivity index (χ4n) is 2.42. The van der Waals surface area contributed by atoms with Gasteiger partial charge in [0.05, 0.1) is 16.7 Å². The van der Waals surface area contributed by atoms with E-state index in [-0.39, 0.29) is 10.6 Å². The van der Waals surface area contributed by atoms with E-state index in [0.717, 1.165) is 0 Å². The summed E-state index contributed by atoms with van der Waals surface area (Å²) in [7, 11) is -3.49. The Balaban J connectivity index is 2.02. The maximum Gasteiger partial charge on any atom is 0.181 e. The van der Waals surface area contributed by atoms with Crippen LogP contribution in [0.2, 0.25) is 0 Å². The first kappa shape index (κ1) is 13.9. The first-order valence-electron chi connectivity index (χ1n) is 6.11. The number of rotatable bonds is 2. The van der Waals surface area contributed by atoms with Crippen LogP contribution in [0.15, 0.2) is 41.3 Å². The number of anilines is 1. The summed E-state index contributed by atoms with van der Waals surface area (Å²) in [5, 5.41) is 2.52. The van der Waals surface area contributed by atoms with E-state index in [1.807, 2.05) is 0 Å². The lowest BCUT2D eigenvalue weighted by Gasteiger charge is -2.15. The van der Waals surface area contributed by atoms with Crippen molar-refractivity contribution >= 4 is 15.5 Å². The molecule has 1 unspecified atom stereocenters. The van der Waals surface area contributed by atoms with Gasteiger partial charge in [-0.1, -0.05) is 18.2 Å². The molecule has 0 aliphatic carbocycles. The Morgan fingerprint density at radius 3 is 2.33 bits per heavy atom. The van der Waals surface area contributed by atoms with Crippen molar-refractivity contribution < 1.29 is 21.6 Å². The molecule has 110 valence electrons. The highest BCUT2D eigenvalue weighted by Crippen LogP contribution is 2.36. The van der Waals surface area contributed by atoms with Crippen LogP contribution in [0.1, 0.15) is 11.6 Å². The Morgan fingerprint density at radius 2 is 1.67 bits per heavy atom. The molecule has 0 aromatic heterocycles. The highest BCUT2D eigenvalue weighted by Gasteiger charge is 2.35. The molecule has 0 bridgehead atoms. The minimum absolute atomic E-state index is 0.144. The zero-order chi connectivity index (χ0) is 15.2. The standard InChI is InChI=1S/C14H10F3NO2S/c15-8-5-10(16)14(11(17)6-8)18-12-7-21(19,20)13-4-2-1-3-9(12)13/h1-6,12,18H,7H2. The quantitative estimate of drug-likeness (QED) is 0.927. The average Bonchev–Trinajstić information content (AvgIpc) is 2.66. The van der Waals surface area contributed by atoms with E-state index in [0.29, 0.717) is 17.7 Å². The molecule has 0 saturated heterocycles. The van der Waals surface area contributed by atoms with E-state index < -0.39 is 39.0 Å². The molecule has 3 nitrogen and oxygen atoms in total. The minimum Gasteiger partial charge on any atom is -0.372 e. The lowest BCUT2D eigenvalue weighted by molar-refractivity contribution is 0.545. The molecule has 0 spiro atoms. The molecule has 0 amide bonds. The number of hydrogen-bond acceptors (Lipinski definition) is 3. The monoisotopic (exact) mass is 313 g/mol. The number of benzene rings is 2. The van der Waals surface area contributed by atoms with Crippen LogP contribution in [0.5, 0.6) is 0 Å². The van der Waals surface area contributed by atoms with E-state index in [9.17, 15) is 21.6 Å². The summed E-state index contributed by atoms with van der Waals surface area (Å²) in [5.41, 5.74) is -0.0890. The normalized spacial score (nSPS) is 19.3. The molecule has 7 heteroatoms. The summed E-state index contributed by atoms with van der Waals surface area (Å²) in [6.45, 7) is 0. The van der Waals surface area contributed by atoms with Crippen LogP contribution < -0.4 is 5.32 Å². The largest absolute Gasteiger partial charge is 0.372 e. The summed E-state index contributed by atoms with van der Waals surface area (Å²) in [5.74, 6) is -3.54. The first-order chi connectivity index (χ1) is 9.88. The van der Waals surface area contributed by atoms with Gasteiger partial charge in [0, 0.05) is 12.1 Å². The maximum absolute atomic E-state index is 13.6. The first-order valence-corrected chi connectivity index (χ1v) is 7.76. The van der Waals surface area contributed by atoms with Gasteiger partial charge in [0.1, 0.15) is 11.5 Å².